The fraction of sp³-hybridized carbons (Fsp3) is 0.773. The second-order valence-electron chi connectivity index (χ2n) is 8.42. The lowest BCUT2D eigenvalue weighted by atomic mass is 10.0. The van der Waals surface area contributed by atoms with Crippen molar-refractivity contribution in [3.63, 3.8) is 0 Å². The van der Waals surface area contributed by atoms with Crippen LogP contribution < -0.4 is 0 Å². The van der Waals surface area contributed by atoms with Gasteiger partial charge in [0.1, 0.15) is 24.2 Å². The normalized spacial score (nSPS) is 34.6. The van der Waals surface area contributed by atoms with E-state index in [1.54, 1.807) is 0 Å². The van der Waals surface area contributed by atoms with Gasteiger partial charge in [0.2, 0.25) is 12.1 Å². The van der Waals surface area contributed by atoms with Crippen molar-refractivity contribution in [2.75, 3.05) is 18.4 Å². The quantitative estimate of drug-likeness (QED) is 0.198. The van der Waals surface area contributed by atoms with Crippen LogP contribution in [0.25, 0.3) is 0 Å². The van der Waals surface area contributed by atoms with Gasteiger partial charge in [0, 0.05) is 34.6 Å². The van der Waals surface area contributed by atoms with Crippen molar-refractivity contribution >= 4 is 64.6 Å². The van der Waals surface area contributed by atoms with Crippen LogP contribution in [0.1, 0.15) is 34.6 Å². The Morgan fingerprint density at radius 1 is 0.737 bits per heavy atom. The number of hydrogen-bond acceptors (Lipinski definition) is 13. The molecule has 2 saturated heterocycles. The number of carbonyl (C=O) groups excluding carboxylic acids is 5. The Morgan fingerprint density at radius 3 is 1.74 bits per heavy atom. The minimum absolute atomic E-state index is 0.231. The van der Waals surface area contributed by atoms with Crippen LogP contribution >= 0.6 is 34.8 Å². The lowest BCUT2D eigenvalue weighted by Crippen LogP contribution is -2.63. The summed E-state index contributed by atoms with van der Waals surface area (Å²) >= 11 is 18.8. The molecule has 2 rings (SSSR count). The molecule has 0 aromatic carbocycles. The van der Waals surface area contributed by atoms with Gasteiger partial charge in [-0.2, -0.15) is 0 Å². The maximum absolute atomic E-state index is 12.0. The first-order valence-corrected chi connectivity index (χ1v) is 12.8. The summed E-state index contributed by atoms with van der Waals surface area (Å²) in [7, 11) is 0. The fourth-order valence-electron chi connectivity index (χ4n) is 3.99. The predicted molar refractivity (Wildman–Crippen MR) is 127 cm³/mol. The SMILES string of the molecule is CC(=O)OCC1O[C@H](OC2(CCl)OC(CCl)C(OC(C)=O)C2OC(C)=O)C(OC(C)=O)C(OC(C)=O)[C@@H]1Cl. The van der Waals surface area contributed by atoms with Crippen LogP contribution in [-0.2, 0) is 61.9 Å². The molecule has 9 atom stereocenters. The van der Waals surface area contributed by atoms with E-state index < -0.39 is 96.4 Å². The van der Waals surface area contributed by atoms with Crippen LogP contribution in [0, 0.1) is 0 Å². The Morgan fingerprint density at radius 2 is 1.26 bits per heavy atom. The summed E-state index contributed by atoms with van der Waals surface area (Å²) in [6.45, 7) is 5.18. The molecule has 2 heterocycles. The summed E-state index contributed by atoms with van der Waals surface area (Å²) in [6.07, 6.45) is -9.38. The highest BCUT2D eigenvalue weighted by molar-refractivity contribution is 6.21. The third-order valence-electron chi connectivity index (χ3n) is 5.32. The molecule has 0 aromatic rings. The Labute approximate surface area is 233 Å². The average molecular weight is 608 g/mol. The standard InChI is InChI=1S/C22H29Cl3O13/c1-9(26)31-7-15-16(25)18(33-11(3)28)19(34-12(4)29)21(36-15)38-22(8-24)20(35-13(5)30)17(32-10(2)27)14(6-23)37-22/h14-21H,6-8H2,1-5H3/t14?,15?,16-,17?,18?,19?,20?,21-,22?/m1/s1. The van der Waals surface area contributed by atoms with Crippen molar-refractivity contribution in [2.45, 2.75) is 88.7 Å². The van der Waals surface area contributed by atoms with E-state index in [1.807, 2.05) is 0 Å². The maximum Gasteiger partial charge on any atom is 0.303 e. The van der Waals surface area contributed by atoms with E-state index in [0.29, 0.717) is 0 Å². The number of halogens is 3. The largest absolute Gasteiger partial charge is 0.463 e. The van der Waals surface area contributed by atoms with Gasteiger partial charge >= 0.3 is 29.8 Å². The van der Waals surface area contributed by atoms with Gasteiger partial charge < -0.3 is 37.9 Å². The number of rotatable bonds is 10. The Bertz CT molecular complexity index is 902. The van der Waals surface area contributed by atoms with Gasteiger partial charge in [-0.25, -0.2) is 0 Å². The summed E-state index contributed by atoms with van der Waals surface area (Å²) in [5, 5.41) is -1.17. The van der Waals surface area contributed by atoms with Gasteiger partial charge in [0.25, 0.3) is 0 Å². The predicted octanol–water partition coefficient (Wildman–Crippen LogP) is 1.20. The van der Waals surface area contributed by atoms with Gasteiger partial charge in [0.05, 0.1) is 11.8 Å². The number of carbonyl (C=O) groups is 5. The highest BCUT2D eigenvalue weighted by atomic mass is 35.5. The molecule has 7 unspecified atom stereocenters. The lowest BCUT2D eigenvalue weighted by molar-refractivity contribution is -0.359. The van der Waals surface area contributed by atoms with Crippen molar-refractivity contribution in [1.82, 2.24) is 0 Å². The maximum atomic E-state index is 12.0. The Kier molecular flexibility index (Phi) is 11.9. The molecular formula is C22H29Cl3O13. The Hall–Kier alpha value is -1.90. The first-order chi connectivity index (χ1) is 17.7. The van der Waals surface area contributed by atoms with Crippen LogP contribution in [0.15, 0.2) is 0 Å². The Balaban J connectivity index is 2.55. The van der Waals surface area contributed by atoms with E-state index in [2.05, 4.69) is 0 Å². The van der Waals surface area contributed by atoms with Gasteiger partial charge in [0.15, 0.2) is 24.4 Å². The molecule has 0 aliphatic carbocycles. The van der Waals surface area contributed by atoms with Crippen LogP contribution in [0.5, 0.6) is 0 Å². The molecule has 16 heteroatoms. The first kappa shape index (κ1) is 32.3. The van der Waals surface area contributed by atoms with Crippen molar-refractivity contribution < 1.29 is 61.9 Å². The molecule has 216 valence electrons. The summed E-state index contributed by atoms with van der Waals surface area (Å²) in [5.74, 6) is -6.59. The molecule has 2 aliphatic heterocycles. The van der Waals surface area contributed by atoms with Crippen LogP contribution in [0.2, 0.25) is 0 Å². The van der Waals surface area contributed by atoms with E-state index in [9.17, 15) is 24.0 Å². The van der Waals surface area contributed by atoms with E-state index in [0.717, 1.165) is 34.6 Å². The lowest BCUT2D eigenvalue weighted by Gasteiger charge is -2.45. The summed E-state index contributed by atoms with van der Waals surface area (Å²) in [6, 6.07) is 0. The van der Waals surface area contributed by atoms with Crippen molar-refractivity contribution in [2.24, 2.45) is 0 Å². The van der Waals surface area contributed by atoms with Crippen LogP contribution in [0.3, 0.4) is 0 Å². The van der Waals surface area contributed by atoms with Crippen LogP contribution in [0.4, 0.5) is 0 Å². The summed E-state index contributed by atoms with van der Waals surface area (Å²) < 4.78 is 44.3. The molecule has 2 fully saturated rings. The van der Waals surface area contributed by atoms with Crippen LogP contribution in [-0.4, -0.2) is 102 Å². The highest BCUT2D eigenvalue weighted by Gasteiger charge is 2.63. The minimum atomic E-state index is -2.07. The second kappa shape index (κ2) is 13.9. The zero-order valence-electron chi connectivity index (χ0n) is 21.2. The highest BCUT2D eigenvalue weighted by Crippen LogP contribution is 2.42. The molecule has 0 saturated carbocycles. The van der Waals surface area contributed by atoms with Gasteiger partial charge in [-0.1, -0.05) is 0 Å². The number of ether oxygens (including phenoxy) is 8. The van der Waals surface area contributed by atoms with E-state index in [4.69, 9.17) is 72.7 Å². The van der Waals surface area contributed by atoms with Crippen molar-refractivity contribution in [3.8, 4) is 0 Å². The average Bonchev–Trinajstić information content (AvgIpc) is 3.08. The number of esters is 5. The molecule has 0 bridgehead atoms. The smallest absolute Gasteiger partial charge is 0.303 e. The monoisotopic (exact) mass is 606 g/mol. The molecule has 0 aromatic heterocycles. The van der Waals surface area contributed by atoms with Gasteiger partial charge in [-0.05, 0) is 0 Å². The molecular weight excluding hydrogens is 579 g/mol. The third kappa shape index (κ3) is 8.06. The van der Waals surface area contributed by atoms with E-state index in [-0.39, 0.29) is 5.88 Å². The summed E-state index contributed by atoms with van der Waals surface area (Å²) in [4.78, 5) is 59.0. The van der Waals surface area contributed by atoms with E-state index >= 15 is 0 Å². The molecule has 0 amide bonds. The minimum Gasteiger partial charge on any atom is -0.463 e. The number of alkyl halides is 3. The molecule has 0 radical (unpaired) electrons. The molecule has 38 heavy (non-hydrogen) atoms. The number of hydrogen-bond donors (Lipinski definition) is 0. The molecule has 0 N–H and O–H groups in total. The zero-order valence-corrected chi connectivity index (χ0v) is 23.4. The van der Waals surface area contributed by atoms with Crippen molar-refractivity contribution in [3.05, 3.63) is 0 Å². The summed E-state index contributed by atoms with van der Waals surface area (Å²) in [5.41, 5.74) is 0. The fourth-order valence-corrected chi connectivity index (χ4v) is 4.83. The van der Waals surface area contributed by atoms with E-state index in [1.165, 1.54) is 0 Å². The molecule has 0 spiro atoms. The van der Waals surface area contributed by atoms with Crippen molar-refractivity contribution in [1.29, 1.82) is 0 Å². The first-order valence-electron chi connectivity index (χ1n) is 11.3. The zero-order chi connectivity index (χ0) is 28.8. The third-order valence-corrected chi connectivity index (χ3v) is 6.53. The second-order valence-corrected chi connectivity index (χ2v) is 9.50. The topological polar surface area (TPSA) is 159 Å². The molecule has 13 nitrogen and oxygen atoms in total. The van der Waals surface area contributed by atoms with Gasteiger partial charge in [-0.3, -0.25) is 24.0 Å². The molecule has 2 aliphatic rings. The van der Waals surface area contributed by atoms with Gasteiger partial charge in [-0.15, -0.1) is 34.8 Å².